The van der Waals surface area contributed by atoms with E-state index in [1.807, 2.05) is 0 Å². The second-order valence-corrected chi connectivity index (χ2v) is 4.67. The molecule has 0 amide bonds. The molecule has 5 heteroatoms. The standard InChI is InChI=1S/C15H12FNO3/c1-8-2-4-10(16)7-11(8)14(18)9-3-5-12-13(6-9)20-15(19)17-12/h2-7,14,18H,1H3,(H,17,19). The van der Waals surface area contributed by atoms with Gasteiger partial charge in [-0.25, -0.2) is 9.18 Å². The highest BCUT2D eigenvalue weighted by Crippen LogP contribution is 2.27. The molecule has 0 spiro atoms. The van der Waals surface area contributed by atoms with Crippen LogP contribution in [0, 0.1) is 12.7 Å². The molecule has 1 unspecified atom stereocenters. The van der Waals surface area contributed by atoms with Crippen LogP contribution < -0.4 is 5.76 Å². The lowest BCUT2D eigenvalue weighted by atomic mass is 9.97. The molecule has 3 rings (SSSR count). The summed E-state index contributed by atoms with van der Waals surface area (Å²) in [6, 6.07) is 9.15. The van der Waals surface area contributed by atoms with Crippen molar-refractivity contribution in [2.24, 2.45) is 0 Å². The number of H-pyrrole nitrogens is 1. The third kappa shape index (κ3) is 2.12. The van der Waals surface area contributed by atoms with Gasteiger partial charge in [0.15, 0.2) is 5.58 Å². The Morgan fingerprint density at radius 3 is 2.85 bits per heavy atom. The highest BCUT2D eigenvalue weighted by Gasteiger charge is 2.15. The van der Waals surface area contributed by atoms with Crippen LogP contribution in [0.25, 0.3) is 11.1 Å². The van der Waals surface area contributed by atoms with E-state index in [4.69, 9.17) is 4.42 Å². The predicted octanol–water partition coefficient (Wildman–Crippen LogP) is 2.65. The Balaban J connectivity index is 2.09. The molecule has 0 fully saturated rings. The van der Waals surface area contributed by atoms with E-state index < -0.39 is 17.7 Å². The van der Waals surface area contributed by atoms with Crippen molar-refractivity contribution in [3.63, 3.8) is 0 Å². The van der Waals surface area contributed by atoms with Crippen LogP contribution in [0.3, 0.4) is 0 Å². The molecule has 0 saturated heterocycles. The molecule has 4 nitrogen and oxygen atoms in total. The van der Waals surface area contributed by atoms with Gasteiger partial charge in [-0.1, -0.05) is 12.1 Å². The lowest BCUT2D eigenvalue weighted by molar-refractivity contribution is 0.219. The maximum atomic E-state index is 13.3. The first-order valence-electron chi connectivity index (χ1n) is 6.11. The number of aromatic nitrogens is 1. The monoisotopic (exact) mass is 273 g/mol. The van der Waals surface area contributed by atoms with Crippen molar-refractivity contribution in [1.29, 1.82) is 0 Å². The molecule has 102 valence electrons. The minimum Gasteiger partial charge on any atom is -0.408 e. The van der Waals surface area contributed by atoms with Gasteiger partial charge in [-0.05, 0) is 47.9 Å². The van der Waals surface area contributed by atoms with Gasteiger partial charge in [-0.15, -0.1) is 0 Å². The number of aromatic amines is 1. The molecule has 1 heterocycles. The highest BCUT2D eigenvalue weighted by molar-refractivity contribution is 5.73. The van der Waals surface area contributed by atoms with Gasteiger partial charge in [0, 0.05) is 0 Å². The molecule has 3 aromatic rings. The third-order valence-corrected chi connectivity index (χ3v) is 3.30. The summed E-state index contributed by atoms with van der Waals surface area (Å²) >= 11 is 0. The molecule has 0 aliphatic carbocycles. The first-order chi connectivity index (χ1) is 9.54. The molecule has 2 aromatic carbocycles. The molecule has 0 aliphatic rings. The Morgan fingerprint density at radius 1 is 1.25 bits per heavy atom. The lowest BCUT2D eigenvalue weighted by Gasteiger charge is -2.14. The van der Waals surface area contributed by atoms with E-state index in [2.05, 4.69) is 4.98 Å². The van der Waals surface area contributed by atoms with Gasteiger partial charge in [-0.2, -0.15) is 0 Å². The molecule has 0 aliphatic heterocycles. The summed E-state index contributed by atoms with van der Waals surface area (Å²) in [5.41, 5.74) is 2.73. The largest absolute Gasteiger partial charge is 0.417 e. The number of rotatable bonds is 2. The maximum Gasteiger partial charge on any atom is 0.417 e. The van der Waals surface area contributed by atoms with E-state index in [1.165, 1.54) is 12.1 Å². The number of aliphatic hydroxyl groups is 1. The van der Waals surface area contributed by atoms with Crippen LogP contribution in [0.4, 0.5) is 4.39 Å². The average Bonchev–Trinajstić information content (AvgIpc) is 2.79. The van der Waals surface area contributed by atoms with E-state index in [0.29, 0.717) is 22.2 Å². The Kier molecular flexibility index (Phi) is 2.91. The third-order valence-electron chi connectivity index (χ3n) is 3.30. The molecule has 0 bridgehead atoms. The average molecular weight is 273 g/mol. The van der Waals surface area contributed by atoms with Crippen molar-refractivity contribution in [2.75, 3.05) is 0 Å². The molecule has 2 N–H and O–H groups in total. The van der Waals surface area contributed by atoms with Gasteiger partial charge < -0.3 is 9.52 Å². The van der Waals surface area contributed by atoms with E-state index in [-0.39, 0.29) is 0 Å². The summed E-state index contributed by atoms with van der Waals surface area (Å²) in [6.07, 6.45) is -0.977. The molecule has 20 heavy (non-hydrogen) atoms. The molecule has 1 atom stereocenters. The van der Waals surface area contributed by atoms with Crippen LogP contribution in [0.1, 0.15) is 22.8 Å². The number of aryl methyl sites for hydroxylation is 1. The smallest absolute Gasteiger partial charge is 0.408 e. The lowest BCUT2D eigenvalue weighted by Crippen LogP contribution is -2.02. The van der Waals surface area contributed by atoms with Crippen molar-refractivity contribution >= 4 is 11.1 Å². The Morgan fingerprint density at radius 2 is 2.05 bits per heavy atom. The van der Waals surface area contributed by atoms with Gasteiger partial charge >= 0.3 is 5.76 Å². The van der Waals surface area contributed by atoms with Crippen LogP contribution in [-0.4, -0.2) is 10.1 Å². The van der Waals surface area contributed by atoms with Crippen molar-refractivity contribution in [3.05, 3.63) is 69.5 Å². The van der Waals surface area contributed by atoms with Crippen LogP contribution in [-0.2, 0) is 0 Å². The summed E-state index contributed by atoms with van der Waals surface area (Å²) in [6.45, 7) is 1.80. The quantitative estimate of drug-likeness (QED) is 0.754. The Labute approximate surface area is 113 Å². The topological polar surface area (TPSA) is 66.2 Å². The van der Waals surface area contributed by atoms with Crippen LogP contribution in [0.5, 0.6) is 0 Å². The molecular weight excluding hydrogens is 261 g/mol. The van der Waals surface area contributed by atoms with Gasteiger partial charge in [0.1, 0.15) is 11.9 Å². The number of oxazole rings is 1. The highest BCUT2D eigenvalue weighted by atomic mass is 19.1. The number of fused-ring (bicyclic) bond motifs is 1. The zero-order valence-electron chi connectivity index (χ0n) is 10.7. The fraction of sp³-hybridized carbons (Fsp3) is 0.133. The minimum absolute atomic E-state index is 0.362. The summed E-state index contributed by atoms with van der Waals surface area (Å²) in [5.74, 6) is -0.951. The second-order valence-electron chi connectivity index (χ2n) is 4.67. The fourth-order valence-corrected chi connectivity index (χ4v) is 2.22. The van der Waals surface area contributed by atoms with Crippen molar-refractivity contribution in [3.8, 4) is 0 Å². The Hall–Kier alpha value is -2.40. The van der Waals surface area contributed by atoms with Crippen molar-refractivity contribution in [1.82, 2.24) is 4.98 Å². The minimum atomic E-state index is -0.977. The van der Waals surface area contributed by atoms with E-state index in [9.17, 15) is 14.3 Å². The number of aliphatic hydroxyl groups excluding tert-OH is 1. The summed E-state index contributed by atoms with van der Waals surface area (Å²) in [4.78, 5) is 13.6. The number of halogens is 1. The van der Waals surface area contributed by atoms with Crippen molar-refractivity contribution in [2.45, 2.75) is 13.0 Å². The van der Waals surface area contributed by atoms with Crippen LogP contribution in [0.2, 0.25) is 0 Å². The van der Waals surface area contributed by atoms with Gasteiger partial charge in [0.2, 0.25) is 0 Å². The normalized spacial score (nSPS) is 12.8. The fourth-order valence-electron chi connectivity index (χ4n) is 2.22. The second kappa shape index (κ2) is 4.61. The van der Waals surface area contributed by atoms with Gasteiger partial charge in [-0.3, -0.25) is 4.98 Å². The summed E-state index contributed by atoms with van der Waals surface area (Å²) < 4.78 is 18.3. The van der Waals surface area contributed by atoms with E-state index >= 15 is 0 Å². The molecular formula is C15H12FNO3. The molecule has 0 radical (unpaired) electrons. The van der Waals surface area contributed by atoms with Gasteiger partial charge in [0.05, 0.1) is 5.52 Å². The van der Waals surface area contributed by atoms with Crippen LogP contribution >= 0.6 is 0 Å². The summed E-state index contributed by atoms with van der Waals surface area (Å²) in [7, 11) is 0. The summed E-state index contributed by atoms with van der Waals surface area (Å²) in [5, 5.41) is 10.4. The number of hydrogen-bond donors (Lipinski definition) is 2. The molecule has 1 aromatic heterocycles. The van der Waals surface area contributed by atoms with Crippen molar-refractivity contribution < 1.29 is 13.9 Å². The van der Waals surface area contributed by atoms with Gasteiger partial charge in [0.25, 0.3) is 0 Å². The SMILES string of the molecule is Cc1ccc(F)cc1C(O)c1ccc2[nH]c(=O)oc2c1. The van der Waals surface area contributed by atoms with Crippen LogP contribution in [0.15, 0.2) is 45.6 Å². The molecule has 0 saturated carbocycles. The first kappa shape index (κ1) is 12.6. The van der Waals surface area contributed by atoms with E-state index in [0.717, 1.165) is 5.56 Å². The number of hydrogen-bond acceptors (Lipinski definition) is 3. The maximum absolute atomic E-state index is 13.3. The number of nitrogens with one attached hydrogen (secondary N) is 1. The predicted molar refractivity (Wildman–Crippen MR) is 72.0 cm³/mol. The zero-order chi connectivity index (χ0) is 14.3. The zero-order valence-corrected chi connectivity index (χ0v) is 10.7. The Bertz CT molecular complexity index is 834. The van der Waals surface area contributed by atoms with E-state index in [1.54, 1.807) is 31.2 Å². The first-order valence-corrected chi connectivity index (χ1v) is 6.11. The number of benzene rings is 2.